The summed E-state index contributed by atoms with van der Waals surface area (Å²) in [5, 5.41) is 5.47. The molecule has 21 nitrogen and oxygen atoms in total. The molecule has 0 fully saturated rings. The number of alkyl carbamates (subject to hydrolysis) is 1. The van der Waals surface area contributed by atoms with Crippen LogP contribution in [0.3, 0.4) is 0 Å². The maximum absolute atomic E-state index is 14.5. The lowest BCUT2D eigenvalue weighted by molar-refractivity contribution is 0.0257. The van der Waals surface area contributed by atoms with Gasteiger partial charge in [0.05, 0.1) is 6.54 Å². The second-order valence-corrected chi connectivity index (χ2v) is 24.2. The largest absolute Gasteiger partial charge is 0.488 e. The van der Waals surface area contributed by atoms with Crippen molar-refractivity contribution in [2.75, 3.05) is 32.7 Å². The van der Waals surface area contributed by atoms with Gasteiger partial charge in [0.2, 0.25) is 11.9 Å². The number of amidine groups is 1. The molecular formula is C53H86N8O13. The number of carbonyl (C=O) groups is 6. The van der Waals surface area contributed by atoms with E-state index in [2.05, 4.69) is 20.6 Å². The second kappa shape index (κ2) is 25.9. The van der Waals surface area contributed by atoms with Gasteiger partial charge in [-0.05, 0) is 156 Å². The summed E-state index contributed by atoms with van der Waals surface area (Å²) >= 11 is 0. The molecule has 0 aromatic carbocycles. The van der Waals surface area contributed by atoms with E-state index in [4.69, 9.17) is 38.2 Å². The minimum absolute atomic E-state index is 0.0194. The van der Waals surface area contributed by atoms with Gasteiger partial charge in [-0.25, -0.2) is 38.6 Å². The predicted molar refractivity (Wildman–Crippen MR) is 282 cm³/mol. The Labute approximate surface area is 438 Å². The number of ether oxygens (including phenoxy) is 7. The number of carbonyl (C=O) groups excluding carboxylic acids is 6. The van der Waals surface area contributed by atoms with Crippen molar-refractivity contribution in [3.05, 3.63) is 35.6 Å². The number of hydrogen-bond acceptors (Lipinski definition) is 14. The van der Waals surface area contributed by atoms with Crippen LogP contribution < -0.4 is 10.6 Å². The monoisotopic (exact) mass is 1040 g/mol. The lowest BCUT2D eigenvalue weighted by atomic mass is 9.93. The Morgan fingerprint density at radius 1 is 0.649 bits per heavy atom. The van der Waals surface area contributed by atoms with Gasteiger partial charge < -0.3 is 38.5 Å². The van der Waals surface area contributed by atoms with E-state index in [1.807, 2.05) is 45.1 Å². The minimum Gasteiger partial charge on any atom is -0.488 e. The molecule has 2 N–H and O–H groups in total. The van der Waals surface area contributed by atoms with E-state index in [-0.39, 0.29) is 30.9 Å². The summed E-state index contributed by atoms with van der Waals surface area (Å²) in [7, 11) is 0. The topological polar surface area (TPSA) is 238 Å². The quantitative estimate of drug-likeness (QED) is 0.0800. The van der Waals surface area contributed by atoms with Gasteiger partial charge in [-0.3, -0.25) is 15.2 Å². The van der Waals surface area contributed by atoms with Crippen LogP contribution in [0.2, 0.25) is 0 Å². The first-order valence-electron chi connectivity index (χ1n) is 25.6. The highest BCUT2D eigenvalue weighted by atomic mass is 16.6. The first kappa shape index (κ1) is 62.1. The lowest BCUT2D eigenvalue weighted by Gasteiger charge is -2.34. The summed E-state index contributed by atoms with van der Waals surface area (Å²) in [5.74, 6) is -0.0221. The normalized spacial score (nSPS) is 17.6. The van der Waals surface area contributed by atoms with Gasteiger partial charge >= 0.3 is 36.6 Å². The summed E-state index contributed by atoms with van der Waals surface area (Å²) in [6.07, 6.45) is 6.62. The summed E-state index contributed by atoms with van der Waals surface area (Å²) in [4.78, 5) is 97.4. The van der Waals surface area contributed by atoms with E-state index >= 15 is 0 Å². The molecule has 0 aromatic heterocycles. The van der Waals surface area contributed by atoms with Crippen molar-refractivity contribution in [2.24, 2.45) is 20.9 Å². The van der Waals surface area contributed by atoms with Gasteiger partial charge in [-0.2, -0.15) is 0 Å². The van der Waals surface area contributed by atoms with E-state index in [0.717, 1.165) is 29.1 Å². The van der Waals surface area contributed by atoms with E-state index in [1.54, 1.807) is 104 Å². The van der Waals surface area contributed by atoms with E-state index in [1.165, 1.54) is 4.90 Å². The lowest BCUT2D eigenvalue weighted by Crippen LogP contribution is -2.53. The Balaban J connectivity index is 1.89. The fourth-order valence-electron chi connectivity index (χ4n) is 7.07. The number of nitrogens with zero attached hydrogens (tertiary/aromatic N) is 6. The molecule has 2 atom stereocenters. The molecule has 21 heteroatoms. The Hall–Kier alpha value is -6.15. The second-order valence-electron chi connectivity index (χ2n) is 24.2. The van der Waals surface area contributed by atoms with Gasteiger partial charge in [0, 0.05) is 37.7 Å². The summed E-state index contributed by atoms with van der Waals surface area (Å²) in [6, 6.07) is 0. The van der Waals surface area contributed by atoms with Crippen LogP contribution in [-0.4, -0.2) is 141 Å². The number of aliphatic imine (C=N–C) groups is 3. The van der Waals surface area contributed by atoms with E-state index in [9.17, 15) is 28.8 Å². The Morgan fingerprint density at radius 3 is 1.72 bits per heavy atom. The molecule has 0 radical (unpaired) electrons. The van der Waals surface area contributed by atoms with Crippen LogP contribution >= 0.6 is 0 Å². The molecule has 2 aliphatic heterocycles. The number of hydrogen-bond donors (Lipinski definition) is 2. The molecular weight excluding hydrogens is 957 g/mol. The van der Waals surface area contributed by atoms with Crippen LogP contribution in [0.5, 0.6) is 0 Å². The molecule has 0 aromatic rings. The number of amides is 6. The number of nitrogens with one attached hydrogen (secondary N) is 2. The molecule has 2 heterocycles. The molecule has 2 unspecified atom stereocenters. The predicted octanol–water partition coefficient (Wildman–Crippen LogP) is 10.9. The van der Waals surface area contributed by atoms with Gasteiger partial charge in [-0.15, -0.1) is 9.98 Å². The molecule has 3 aliphatic rings. The highest BCUT2D eigenvalue weighted by molar-refractivity contribution is 6.08. The summed E-state index contributed by atoms with van der Waals surface area (Å²) in [6.45, 7) is 31.9. The number of unbranched alkanes of at least 4 members (excludes halogenated alkanes) is 5. The Bertz CT molecular complexity index is 2190. The zero-order chi connectivity index (χ0) is 56.0. The van der Waals surface area contributed by atoms with Crippen molar-refractivity contribution in [1.82, 2.24) is 25.3 Å². The molecule has 1 aliphatic carbocycles. The molecule has 74 heavy (non-hydrogen) atoms. The van der Waals surface area contributed by atoms with E-state index < -0.39 is 76.3 Å². The number of guanidine groups is 2. The first-order chi connectivity index (χ1) is 33.9. The van der Waals surface area contributed by atoms with Crippen LogP contribution in [0.15, 0.2) is 50.6 Å². The third-order valence-corrected chi connectivity index (χ3v) is 9.74. The highest BCUT2D eigenvalue weighted by Crippen LogP contribution is 2.33. The average molecular weight is 1040 g/mol. The van der Waals surface area contributed by atoms with Crippen LogP contribution in [-0.2, 0) is 33.2 Å². The standard InChI is InChI=1S/C53H86N8O13/c1-48(2,3)69-42(62)56-40(57-43(63)70-49(4,5)6)55-28-23-21-19-20-22-24-30-60(46(66)73-52(13,14)15)41(58-44(64)71-50(7,8)9)61(47(67)74-53(16,17)18)34-37-33-36-32-35(26-27-38(36)68-37)39-54-29-25-31-59(39)45(65)72-51(10,11)12/h26-27,32-33,36,38H,19-25,28-31,34H2,1-18H3,(H2,55,56,57,62,63)/b58-41+. The average Bonchev–Trinajstić information content (AvgIpc) is 3.61. The van der Waals surface area contributed by atoms with Crippen molar-refractivity contribution in [1.29, 1.82) is 0 Å². The maximum atomic E-state index is 14.5. The molecule has 0 spiro atoms. The molecule has 3 rings (SSSR count). The Morgan fingerprint density at radius 2 is 1.16 bits per heavy atom. The van der Waals surface area contributed by atoms with Crippen molar-refractivity contribution >= 4 is 54.3 Å². The Kier molecular flexibility index (Phi) is 21.7. The molecule has 0 saturated heterocycles. The van der Waals surface area contributed by atoms with Crippen LogP contribution in [0, 0.1) is 5.92 Å². The van der Waals surface area contributed by atoms with Crippen LogP contribution in [0.1, 0.15) is 170 Å². The summed E-state index contributed by atoms with van der Waals surface area (Å²) < 4.78 is 40.2. The van der Waals surface area contributed by atoms with Gasteiger partial charge in [0.25, 0.3) is 0 Å². The SMILES string of the molecule is CC(C)(C)OC(=O)/N=C(\NCCCCCCCCN(C(=O)OC(C)(C)C)/C(=N\C(=O)OC(C)(C)C)N(CC1=CC2C=C(C3=NCCCN3C(=O)OC(C)(C)C)C=CC2O1)C(=O)OC(C)(C)C)NC(=O)OC(C)(C)C. The fourth-order valence-corrected chi connectivity index (χ4v) is 7.07. The zero-order valence-electron chi connectivity index (χ0n) is 47.4. The third-order valence-electron chi connectivity index (χ3n) is 9.74. The van der Waals surface area contributed by atoms with Gasteiger partial charge in [0.15, 0.2) is 0 Å². The van der Waals surface area contributed by atoms with Crippen LogP contribution in [0.4, 0.5) is 28.8 Å². The van der Waals surface area contributed by atoms with Crippen molar-refractivity contribution in [3.63, 3.8) is 0 Å². The minimum atomic E-state index is -1.06. The van der Waals surface area contributed by atoms with Crippen molar-refractivity contribution < 1.29 is 61.9 Å². The number of rotatable bonds is 12. The highest BCUT2D eigenvalue weighted by Gasteiger charge is 2.39. The molecule has 6 amide bonds. The van der Waals surface area contributed by atoms with Crippen molar-refractivity contribution in [2.45, 2.75) is 209 Å². The zero-order valence-corrected chi connectivity index (χ0v) is 47.4. The molecule has 416 valence electrons. The van der Waals surface area contributed by atoms with Gasteiger partial charge in [0.1, 0.15) is 51.3 Å². The van der Waals surface area contributed by atoms with Gasteiger partial charge in [-0.1, -0.05) is 37.8 Å². The summed E-state index contributed by atoms with van der Waals surface area (Å²) in [5.41, 5.74) is -4.56. The molecule has 0 saturated carbocycles. The smallest absolute Gasteiger partial charge is 0.437 e. The van der Waals surface area contributed by atoms with Crippen LogP contribution in [0.25, 0.3) is 0 Å². The maximum Gasteiger partial charge on any atom is 0.437 e. The van der Waals surface area contributed by atoms with Crippen molar-refractivity contribution in [3.8, 4) is 0 Å². The fraction of sp³-hybridized carbons (Fsp3) is 0.717. The number of fused-ring (bicyclic) bond motifs is 1. The first-order valence-corrected chi connectivity index (χ1v) is 25.6. The molecule has 0 bridgehead atoms. The van der Waals surface area contributed by atoms with E-state index in [0.29, 0.717) is 62.5 Å². The third kappa shape index (κ3) is 23.8.